The highest BCUT2D eigenvalue weighted by molar-refractivity contribution is 7.91. The van der Waals surface area contributed by atoms with Crippen molar-refractivity contribution in [2.75, 3.05) is 4.72 Å². The van der Waals surface area contributed by atoms with Gasteiger partial charge in [-0.2, -0.15) is 0 Å². The summed E-state index contributed by atoms with van der Waals surface area (Å²) < 4.78 is 39.9. The molecule has 0 heterocycles. The molecule has 0 saturated carbocycles. The standard InChI is InChI=1S/C15H16FNO2S/c1-2-12-7-9-14(10-8-12)17-20(18,19)11-13-5-3-4-6-15(13)16/h3-10,17H,2,11H2,1H3. The first-order valence-electron chi connectivity index (χ1n) is 6.33. The maximum atomic E-state index is 13.5. The van der Waals surface area contributed by atoms with Crippen molar-refractivity contribution < 1.29 is 12.8 Å². The second-order valence-corrected chi connectivity index (χ2v) is 6.23. The van der Waals surface area contributed by atoms with Crippen LogP contribution in [0.15, 0.2) is 48.5 Å². The summed E-state index contributed by atoms with van der Waals surface area (Å²) in [6.07, 6.45) is 0.891. The van der Waals surface area contributed by atoms with Gasteiger partial charge >= 0.3 is 0 Å². The van der Waals surface area contributed by atoms with Gasteiger partial charge in [-0.25, -0.2) is 12.8 Å². The van der Waals surface area contributed by atoms with Gasteiger partial charge in [-0.05, 0) is 30.2 Å². The number of sulfonamides is 1. The van der Waals surface area contributed by atoms with Crippen LogP contribution in [0.25, 0.3) is 0 Å². The minimum absolute atomic E-state index is 0.158. The van der Waals surface area contributed by atoms with E-state index in [1.807, 2.05) is 19.1 Å². The Hall–Kier alpha value is -1.88. The van der Waals surface area contributed by atoms with Gasteiger partial charge in [-0.15, -0.1) is 0 Å². The smallest absolute Gasteiger partial charge is 0.237 e. The molecular weight excluding hydrogens is 277 g/mol. The summed E-state index contributed by atoms with van der Waals surface area (Å²) in [7, 11) is -3.62. The summed E-state index contributed by atoms with van der Waals surface area (Å²) in [5, 5.41) is 0. The van der Waals surface area contributed by atoms with Crippen LogP contribution in [0.1, 0.15) is 18.1 Å². The van der Waals surface area contributed by atoms with E-state index in [2.05, 4.69) is 4.72 Å². The normalized spacial score (nSPS) is 11.3. The first-order valence-corrected chi connectivity index (χ1v) is 7.98. The molecule has 0 atom stereocenters. The Morgan fingerprint density at radius 3 is 2.30 bits per heavy atom. The van der Waals surface area contributed by atoms with Gasteiger partial charge in [0.1, 0.15) is 5.82 Å². The summed E-state index contributed by atoms with van der Waals surface area (Å²) in [5.74, 6) is -0.894. The summed E-state index contributed by atoms with van der Waals surface area (Å²) in [5.41, 5.74) is 1.77. The summed E-state index contributed by atoms with van der Waals surface area (Å²) in [6.45, 7) is 2.03. The van der Waals surface area contributed by atoms with E-state index in [1.165, 1.54) is 18.2 Å². The Labute approximate surface area is 118 Å². The molecule has 0 unspecified atom stereocenters. The number of anilines is 1. The molecule has 0 aliphatic rings. The first-order chi connectivity index (χ1) is 9.50. The van der Waals surface area contributed by atoms with Crippen LogP contribution in [0.4, 0.5) is 10.1 Å². The monoisotopic (exact) mass is 293 g/mol. The second kappa shape index (κ2) is 6.05. The van der Waals surface area contributed by atoms with E-state index in [4.69, 9.17) is 0 Å². The second-order valence-electron chi connectivity index (χ2n) is 4.50. The van der Waals surface area contributed by atoms with E-state index in [0.29, 0.717) is 5.69 Å². The van der Waals surface area contributed by atoms with Crippen LogP contribution in [-0.2, 0) is 22.2 Å². The van der Waals surface area contributed by atoms with E-state index in [-0.39, 0.29) is 11.3 Å². The molecule has 0 fully saturated rings. The first kappa shape index (κ1) is 14.5. The molecule has 0 saturated heterocycles. The molecule has 0 bridgehead atoms. The van der Waals surface area contributed by atoms with Gasteiger partial charge in [0.15, 0.2) is 0 Å². The molecule has 0 radical (unpaired) electrons. The average Bonchev–Trinajstić information content (AvgIpc) is 2.41. The SMILES string of the molecule is CCc1ccc(NS(=O)(=O)Cc2ccccc2F)cc1. The Morgan fingerprint density at radius 2 is 1.70 bits per heavy atom. The van der Waals surface area contributed by atoms with Gasteiger partial charge < -0.3 is 0 Å². The molecular formula is C15H16FNO2S. The molecule has 0 aliphatic carbocycles. The van der Waals surface area contributed by atoms with Crippen molar-refractivity contribution in [3.8, 4) is 0 Å². The van der Waals surface area contributed by atoms with Crippen LogP contribution in [0.5, 0.6) is 0 Å². The summed E-state index contributed by atoms with van der Waals surface area (Å²) >= 11 is 0. The highest BCUT2D eigenvalue weighted by Crippen LogP contribution is 2.15. The molecule has 5 heteroatoms. The molecule has 1 N–H and O–H groups in total. The highest BCUT2D eigenvalue weighted by Gasteiger charge is 2.14. The number of hydrogen-bond donors (Lipinski definition) is 1. The molecule has 20 heavy (non-hydrogen) atoms. The van der Waals surface area contributed by atoms with E-state index < -0.39 is 15.8 Å². The fourth-order valence-electron chi connectivity index (χ4n) is 1.84. The van der Waals surface area contributed by atoms with Crippen molar-refractivity contribution in [3.05, 3.63) is 65.5 Å². The topological polar surface area (TPSA) is 46.2 Å². The zero-order valence-corrected chi connectivity index (χ0v) is 12.0. The molecule has 0 aromatic heterocycles. The van der Waals surface area contributed by atoms with Crippen LogP contribution < -0.4 is 4.72 Å². The lowest BCUT2D eigenvalue weighted by molar-refractivity contribution is 0.591. The van der Waals surface area contributed by atoms with E-state index in [9.17, 15) is 12.8 Å². The highest BCUT2D eigenvalue weighted by atomic mass is 32.2. The van der Waals surface area contributed by atoms with Crippen LogP contribution >= 0.6 is 0 Å². The lowest BCUT2D eigenvalue weighted by Crippen LogP contribution is -2.15. The van der Waals surface area contributed by atoms with Crippen molar-refractivity contribution in [2.45, 2.75) is 19.1 Å². The number of halogens is 1. The van der Waals surface area contributed by atoms with Gasteiger partial charge in [0, 0.05) is 11.3 Å². The third-order valence-corrected chi connectivity index (χ3v) is 4.18. The van der Waals surface area contributed by atoms with E-state index in [1.54, 1.807) is 18.2 Å². The summed E-state index contributed by atoms with van der Waals surface area (Å²) in [6, 6.07) is 13.0. The summed E-state index contributed by atoms with van der Waals surface area (Å²) in [4.78, 5) is 0. The van der Waals surface area contributed by atoms with Crippen molar-refractivity contribution in [3.63, 3.8) is 0 Å². The van der Waals surface area contributed by atoms with Crippen LogP contribution in [0, 0.1) is 5.82 Å². The third kappa shape index (κ3) is 3.81. The maximum Gasteiger partial charge on any atom is 0.237 e. The van der Waals surface area contributed by atoms with E-state index in [0.717, 1.165) is 12.0 Å². The molecule has 2 aromatic carbocycles. The van der Waals surface area contributed by atoms with Gasteiger partial charge in [-0.1, -0.05) is 37.3 Å². The quantitative estimate of drug-likeness (QED) is 0.919. The van der Waals surface area contributed by atoms with Crippen molar-refractivity contribution >= 4 is 15.7 Å². The van der Waals surface area contributed by atoms with Gasteiger partial charge in [0.05, 0.1) is 5.75 Å². The fourth-order valence-corrected chi connectivity index (χ4v) is 3.06. The molecule has 0 spiro atoms. The molecule has 3 nitrogen and oxygen atoms in total. The molecule has 106 valence electrons. The molecule has 2 aromatic rings. The van der Waals surface area contributed by atoms with Crippen LogP contribution in [0.3, 0.4) is 0 Å². The minimum Gasteiger partial charge on any atom is -0.283 e. The average molecular weight is 293 g/mol. The largest absolute Gasteiger partial charge is 0.283 e. The number of benzene rings is 2. The third-order valence-electron chi connectivity index (χ3n) is 2.94. The number of hydrogen-bond acceptors (Lipinski definition) is 2. The predicted octanol–water partition coefficient (Wildman–Crippen LogP) is 3.33. The number of nitrogens with one attached hydrogen (secondary N) is 1. The Bertz CT molecular complexity index is 681. The van der Waals surface area contributed by atoms with Gasteiger partial charge in [0.25, 0.3) is 0 Å². The van der Waals surface area contributed by atoms with Crippen molar-refractivity contribution in [2.24, 2.45) is 0 Å². The zero-order valence-electron chi connectivity index (χ0n) is 11.1. The van der Waals surface area contributed by atoms with Crippen LogP contribution in [0.2, 0.25) is 0 Å². The van der Waals surface area contributed by atoms with Crippen molar-refractivity contribution in [1.82, 2.24) is 0 Å². The zero-order chi connectivity index (χ0) is 14.6. The Kier molecular flexibility index (Phi) is 4.39. The molecule has 0 amide bonds. The minimum atomic E-state index is -3.62. The Balaban J connectivity index is 2.13. The van der Waals surface area contributed by atoms with Crippen LogP contribution in [-0.4, -0.2) is 8.42 Å². The number of rotatable bonds is 5. The van der Waals surface area contributed by atoms with Crippen molar-refractivity contribution in [1.29, 1.82) is 0 Å². The number of aryl methyl sites for hydroxylation is 1. The van der Waals surface area contributed by atoms with E-state index >= 15 is 0 Å². The van der Waals surface area contributed by atoms with Gasteiger partial charge in [0.2, 0.25) is 10.0 Å². The Morgan fingerprint density at radius 1 is 1.05 bits per heavy atom. The lowest BCUT2D eigenvalue weighted by atomic mass is 10.2. The predicted molar refractivity (Wildman–Crippen MR) is 78.5 cm³/mol. The molecule has 0 aliphatic heterocycles. The lowest BCUT2D eigenvalue weighted by Gasteiger charge is -2.09. The maximum absolute atomic E-state index is 13.5. The molecule has 2 rings (SSSR count). The fraction of sp³-hybridized carbons (Fsp3) is 0.200. The van der Waals surface area contributed by atoms with Gasteiger partial charge in [-0.3, -0.25) is 4.72 Å².